The molecule has 5 heteroatoms. The van der Waals surface area contributed by atoms with Gasteiger partial charge in [-0.15, -0.1) is 11.3 Å². The van der Waals surface area contributed by atoms with Crippen LogP contribution in [0, 0.1) is 0 Å². The van der Waals surface area contributed by atoms with Crippen LogP contribution in [-0.4, -0.2) is 31.1 Å². The number of fused-ring (bicyclic) bond motifs is 1. The molecule has 1 aliphatic rings. The number of carbonyl (C=O) groups excluding carboxylic acids is 1. The summed E-state index contributed by atoms with van der Waals surface area (Å²) in [6.45, 7) is 4.30. The van der Waals surface area contributed by atoms with Crippen LogP contribution >= 0.6 is 11.3 Å². The maximum absolute atomic E-state index is 12.5. The highest BCUT2D eigenvalue weighted by molar-refractivity contribution is 7.10. The molecule has 26 heavy (non-hydrogen) atoms. The van der Waals surface area contributed by atoms with Crippen molar-refractivity contribution in [1.29, 1.82) is 0 Å². The van der Waals surface area contributed by atoms with Gasteiger partial charge < -0.3 is 14.4 Å². The number of hydrogen-bond acceptors (Lipinski definition) is 4. The maximum atomic E-state index is 12.5. The number of hydrogen-bond donors (Lipinski definition) is 0. The Bertz CT molecular complexity index is 781. The first-order valence-corrected chi connectivity index (χ1v) is 9.92. The van der Waals surface area contributed by atoms with E-state index < -0.39 is 0 Å². The number of unbranched alkanes of at least 4 members (excludes halogenated alkanes) is 1. The van der Waals surface area contributed by atoms with Gasteiger partial charge in [-0.1, -0.05) is 19.4 Å². The monoisotopic (exact) mass is 371 g/mol. The van der Waals surface area contributed by atoms with Gasteiger partial charge >= 0.3 is 0 Å². The minimum Gasteiger partial charge on any atom is -0.493 e. The average molecular weight is 372 g/mol. The van der Waals surface area contributed by atoms with Crippen LogP contribution in [0.15, 0.2) is 35.7 Å². The summed E-state index contributed by atoms with van der Waals surface area (Å²) >= 11 is 1.78. The van der Waals surface area contributed by atoms with Gasteiger partial charge in [0.2, 0.25) is 5.91 Å². The molecular formula is C21H25NO3S. The molecule has 2 heterocycles. The number of benzene rings is 1. The van der Waals surface area contributed by atoms with Gasteiger partial charge in [-0.05, 0) is 53.6 Å². The van der Waals surface area contributed by atoms with E-state index in [1.807, 2.05) is 29.2 Å². The fourth-order valence-corrected chi connectivity index (χ4v) is 3.83. The highest BCUT2D eigenvalue weighted by Crippen LogP contribution is 2.29. The summed E-state index contributed by atoms with van der Waals surface area (Å²) in [5.74, 6) is 1.48. The van der Waals surface area contributed by atoms with Crippen LogP contribution in [0.1, 0.15) is 35.8 Å². The first kappa shape index (κ1) is 18.5. The standard InChI is InChI=1S/C21H25NO3S/c1-3-4-12-25-18-7-5-16(14-19(18)24-2)6-8-21(23)22-11-9-20-17(15-22)10-13-26-20/h5-8,10,13-14H,3-4,9,11-12,15H2,1-2H3/b8-6+. The Morgan fingerprint density at radius 3 is 3.00 bits per heavy atom. The summed E-state index contributed by atoms with van der Waals surface area (Å²) < 4.78 is 11.2. The lowest BCUT2D eigenvalue weighted by Gasteiger charge is -2.25. The zero-order chi connectivity index (χ0) is 18.4. The van der Waals surface area contributed by atoms with Crippen molar-refractivity contribution in [3.05, 3.63) is 51.7 Å². The number of rotatable bonds is 7. The van der Waals surface area contributed by atoms with E-state index in [1.54, 1.807) is 24.5 Å². The fourth-order valence-electron chi connectivity index (χ4n) is 2.94. The van der Waals surface area contributed by atoms with Gasteiger partial charge in [0.05, 0.1) is 13.7 Å². The number of nitrogens with zero attached hydrogens (tertiary/aromatic N) is 1. The van der Waals surface area contributed by atoms with Crippen molar-refractivity contribution in [1.82, 2.24) is 4.90 Å². The predicted molar refractivity (Wildman–Crippen MR) is 106 cm³/mol. The number of thiophene rings is 1. The summed E-state index contributed by atoms with van der Waals surface area (Å²) in [4.78, 5) is 15.8. The smallest absolute Gasteiger partial charge is 0.246 e. The Balaban J connectivity index is 1.63. The lowest BCUT2D eigenvalue weighted by molar-refractivity contribution is -0.126. The van der Waals surface area contributed by atoms with Gasteiger partial charge in [0.15, 0.2) is 11.5 Å². The maximum Gasteiger partial charge on any atom is 0.246 e. The minimum absolute atomic E-state index is 0.0455. The van der Waals surface area contributed by atoms with Crippen LogP contribution in [0.25, 0.3) is 6.08 Å². The summed E-state index contributed by atoms with van der Waals surface area (Å²) in [6, 6.07) is 7.86. The van der Waals surface area contributed by atoms with E-state index in [9.17, 15) is 4.79 Å². The minimum atomic E-state index is 0.0455. The van der Waals surface area contributed by atoms with E-state index in [0.717, 1.165) is 37.1 Å². The van der Waals surface area contributed by atoms with Crippen molar-refractivity contribution in [3.8, 4) is 11.5 Å². The van der Waals surface area contributed by atoms with Crippen LogP contribution in [0.3, 0.4) is 0 Å². The zero-order valence-electron chi connectivity index (χ0n) is 15.4. The third-order valence-corrected chi connectivity index (χ3v) is 5.50. The Morgan fingerprint density at radius 2 is 2.19 bits per heavy atom. The second-order valence-electron chi connectivity index (χ2n) is 6.32. The molecule has 1 aliphatic heterocycles. The summed E-state index contributed by atoms with van der Waals surface area (Å²) in [5.41, 5.74) is 2.20. The summed E-state index contributed by atoms with van der Waals surface area (Å²) in [6.07, 6.45) is 6.54. The Kier molecular flexibility index (Phi) is 6.34. The van der Waals surface area contributed by atoms with E-state index in [1.165, 1.54) is 10.4 Å². The quantitative estimate of drug-likeness (QED) is 0.530. The molecule has 1 amide bonds. The van der Waals surface area contributed by atoms with Crippen LogP contribution in [-0.2, 0) is 17.8 Å². The zero-order valence-corrected chi connectivity index (χ0v) is 16.2. The van der Waals surface area contributed by atoms with Crippen molar-refractivity contribution in [3.63, 3.8) is 0 Å². The molecule has 0 unspecified atom stereocenters. The number of ether oxygens (including phenoxy) is 2. The first-order valence-electron chi connectivity index (χ1n) is 9.04. The fraction of sp³-hybridized carbons (Fsp3) is 0.381. The van der Waals surface area contributed by atoms with Gasteiger partial charge in [0.25, 0.3) is 0 Å². The van der Waals surface area contributed by atoms with E-state index >= 15 is 0 Å². The van der Waals surface area contributed by atoms with Gasteiger partial charge in [-0.2, -0.15) is 0 Å². The molecule has 1 aromatic heterocycles. The lowest BCUT2D eigenvalue weighted by Crippen LogP contribution is -2.34. The Morgan fingerprint density at radius 1 is 1.31 bits per heavy atom. The molecule has 1 aromatic carbocycles. The number of carbonyl (C=O) groups is 1. The van der Waals surface area contributed by atoms with Gasteiger partial charge in [0, 0.05) is 24.0 Å². The van der Waals surface area contributed by atoms with Crippen molar-refractivity contribution in [2.45, 2.75) is 32.7 Å². The van der Waals surface area contributed by atoms with Crippen molar-refractivity contribution in [2.75, 3.05) is 20.3 Å². The van der Waals surface area contributed by atoms with Gasteiger partial charge in [-0.25, -0.2) is 0 Å². The van der Waals surface area contributed by atoms with Gasteiger partial charge in [0.1, 0.15) is 0 Å². The van der Waals surface area contributed by atoms with E-state index in [4.69, 9.17) is 9.47 Å². The molecule has 4 nitrogen and oxygen atoms in total. The molecule has 0 atom stereocenters. The molecule has 0 N–H and O–H groups in total. The molecular weight excluding hydrogens is 346 g/mol. The highest BCUT2D eigenvalue weighted by Gasteiger charge is 2.19. The van der Waals surface area contributed by atoms with Crippen molar-refractivity contribution in [2.24, 2.45) is 0 Å². The Hall–Kier alpha value is -2.27. The molecule has 0 bridgehead atoms. The molecule has 0 fully saturated rings. The average Bonchev–Trinajstić information content (AvgIpc) is 3.14. The topological polar surface area (TPSA) is 38.8 Å². The molecule has 0 aliphatic carbocycles. The Labute approximate surface area is 159 Å². The molecule has 0 saturated carbocycles. The molecule has 138 valence electrons. The molecule has 0 saturated heterocycles. The number of amides is 1. The van der Waals surface area contributed by atoms with Crippen LogP contribution in [0.4, 0.5) is 0 Å². The molecule has 0 radical (unpaired) electrons. The molecule has 0 spiro atoms. The van der Waals surface area contributed by atoms with Crippen LogP contribution < -0.4 is 9.47 Å². The predicted octanol–water partition coefficient (Wildman–Crippen LogP) is 4.53. The van der Waals surface area contributed by atoms with E-state index in [-0.39, 0.29) is 5.91 Å². The van der Waals surface area contributed by atoms with Crippen molar-refractivity contribution >= 4 is 23.3 Å². The summed E-state index contributed by atoms with van der Waals surface area (Å²) in [7, 11) is 1.63. The van der Waals surface area contributed by atoms with Crippen LogP contribution in [0.2, 0.25) is 0 Å². The lowest BCUT2D eigenvalue weighted by atomic mass is 10.1. The highest BCUT2D eigenvalue weighted by atomic mass is 32.1. The van der Waals surface area contributed by atoms with Crippen LogP contribution in [0.5, 0.6) is 11.5 Å². The SMILES string of the molecule is CCCCOc1ccc(/C=C/C(=O)N2CCc3sccc3C2)cc1OC. The third-order valence-electron chi connectivity index (χ3n) is 4.48. The summed E-state index contributed by atoms with van der Waals surface area (Å²) in [5, 5.41) is 2.10. The number of methoxy groups -OCH3 is 1. The largest absolute Gasteiger partial charge is 0.493 e. The first-order chi connectivity index (χ1) is 12.7. The van der Waals surface area contributed by atoms with Gasteiger partial charge in [-0.3, -0.25) is 4.79 Å². The van der Waals surface area contributed by atoms with E-state index in [2.05, 4.69) is 18.4 Å². The van der Waals surface area contributed by atoms with Crippen molar-refractivity contribution < 1.29 is 14.3 Å². The molecule has 3 rings (SSSR count). The van der Waals surface area contributed by atoms with E-state index in [0.29, 0.717) is 18.9 Å². The third kappa shape index (κ3) is 4.47. The second-order valence-corrected chi connectivity index (χ2v) is 7.33. The normalized spacial score (nSPS) is 13.7. The molecule has 2 aromatic rings. The second kappa shape index (κ2) is 8.90.